The maximum atomic E-state index is 11.9. The molecule has 0 bridgehead atoms. The van der Waals surface area contributed by atoms with E-state index in [9.17, 15) is 14.4 Å². The first-order valence-electron chi connectivity index (χ1n) is 5.54. The van der Waals surface area contributed by atoms with E-state index in [0.29, 0.717) is 16.7 Å². The molecule has 0 radical (unpaired) electrons. The van der Waals surface area contributed by atoms with Crippen LogP contribution in [0.1, 0.15) is 58.8 Å². The molecule has 17 heavy (non-hydrogen) atoms. The van der Waals surface area contributed by atoms with Crippen molar-refractivity contribution >= 4 is 17.3 Å². The standard InChI is InChI=1S/C14H16O3/c1-8(2)14(17)12-6-5-11(9(3)15)7-13(12)10(4)16/h5-8H,1-4H3. The Labute approximate surface area is 101 Å². The molecule has 0 N–H and O–H groups in total. The normalized spacial score (nSPS) is 10.4. The summed E-state index contributed by atoms with van der Waals surface area (Å²) in [6.07, 6.45) is 0. The lowest BCUT2D eigenvalue weighted by Gasteiger charge is -2.09. The summed E-state index contributed by atoms with van der Waals surface area (Å²) in [5.41, 5.74) is 1.18. The molecule has 3 heteroatoms. The predicted molar refractivity (Wildman–Crippen MR) is 65.6 cm³/mol. The van der Waals surface area contributed by atoms with Gasteiger partial charge in [-0.1, -0.05) is 19.9 Å². The van der Waals surface area contributed by atoms with Crippen LogP contribution in [-0.4, -0.2) is 17.3 Å². The Kier molecular flexibility index (Phi) is 3.94. The van der Waals surface area contributed by atoms with Crippen molar-refractivity contribution in [3.05, 3.63) is 34.9 Å². The summed E-state index contributed by atoms with van der Waals surface area (Å²) in [5.74, 6) is -0.560. The number of Topliss-reactive ketones (excluding diaryl/α,β-unsaturated/α-hetero) is 3. The van der Waals surface area contributed by atoms with E-state index in [1.54, 1.807) is 26.0 Å². The van der Waals surface area contributed by atoms with Crippen LogP contribution in [0.25, 0.3) is 0 Å². The average molecular weight is 232 g/mol. The van der Waals surface area contributed by atoms with Gasteiger partial charge in [-0.05, 0) is 26.0 Å². The molecular weight excluding hydrogens is 216 g/mol. The van der Waals surface area contributed by atoms with E-state index in [1.807, 2.05) is 0 Å². The average Bonchev–Trinajstić information content (AvgIpc) is 2.26. The third-order valence-corrected chi connectivity index (χ3v) is 2.60. The van der Waals surface area contributed by atoms with E-state index in [2.05, 4.69) is 0 Å². The highest BCUT2D eigenvalue weighted by Gasteiger charge is 2.18. The first-order chi connectivity index (χ1) is 7.84. The van der Waals surface area contributed by atoms with Crippen molar-refractivity contribution < 1.29 is 14.4 Å². The van der Waals surface area contributed by atoms with Crippen LogP contribution in [0.3, 0.4) is 0 Å². The first kappa shape index (κ1) is 13.3. The smallest absolute Gasteiger partial charge is 0.166 e. The number of ketones is 3. The minimum atomic E-state index is -0.197. The zero-order valence-corrected chi connectivity index (χ0v) is 10.5. The topological polar surface area (TPSA) is 51.2 Å². The van der Waals surface area contributed by atoms with Gasteiger partial charge in [0.25, 0.3) is 0 Å². The minimum absolute atomic E-state index is 0.0784. The number of hydrogen-bond donors (Lipinski definition) is 0. The zero-order valence-electron chi connectivity index (χ0n) is 10.5. The summed E-state index contributed by atoms with van der Waals surface area (Å²) in [7, 11) is 0. The largest absolute Gasteiger partial charge is 0.295 e. The van der Waals surface area contributed by atoms with Crippen LogP contribution in [0.5, 0.6) is 0 Å². The molecule has 0 saturated carbocycles. The highest BCUT2D eigenvalue weighted by molar-refractivity contribution is 6.10. The molecule has 0 atom stereocenters. The van der Waals surface area contributed by atoms with Crippen LogP contribution in [0.4, 0.5) is 0 Å². The summed E-state index contributed by atoms with van der Waals surface area (Å²) < 4.78 is 0. The number of carbonyl (C=O) groups is 3. The predicted octanol–water partition coefficient (Wildman–Crippen LogP) is 2.93. The van der Waals surface area contributed by atoms with Crippen molar-refractivity contribution in [2.24, 2.45) is 5.92 Å². The number of carbonyl (C=O) groups excluding carboxylic acids is 3. The Balaban J connectivity index is 3.37. The molecule has 1 aromatic rings. The van der Waals surface area contributed by atoms with Crippen LogP contribution < -0.4 is 0 Å². The molecule has 0 heterocycles. The molecule has 0 fully saturated rings. The van der Waals surface area contributed by atoms with Gasteiger partial charge in [-0.25, -0.2) is 0 Å². The minimum Gasteiger partial charge on any atom is -0.295 e. The first-order valence-corrected chi connectivity index (χ1v) is 5.54. The van der Waals surface area contributed by atoms with Crippen molar-refractivity contribution in [3.63, 3.8) is 0 Å². The summed E-state index contributed by atoms with van der Waals surface area (Å²) in [6, 6.07) is 4.65. The van der Waals surface area contributed by atoms with Crippen LogP contribution in [0.15, 0.2) is 18.2 Å². The molecule has 1 rings (SSSR count). The third-order valence-electron chi connectivity index (χ3n) is 2.60. The quantitative estimate of drug-likeness (QED) is 0.750. The lowest BCUT2D eigenvalue weighted by atomic mass is 9.92. The van der Waals surface area contributed by atoms with Gasteiger partial charge in [0.2, 0.25) is 0 Å². The summed E-state index contributed by atoms with van der Waals surface area (Å²) in [5, 5.41) is 0. The molecular formula is C14H16O3. The molecule has 3 nitrogen and oxygen atoms in total. The van der Waals surface area contributed by atoms with Crippen LogP contribution in [0.2, 0.25) is 0 Å². The van der Waals surface area contributed by atoms with Gasteiger partial charge in [0.15, 0.2) is 17.3 Å². The van der Waals surface area contributed by atoms with Gasteiger partial charge < -0.3 is 0 Å². The van der Waals surface area contributed by atoms with Gasteiger partial charge in [-0.15, -0.1) is 0 Å². The Hall–Kier alpha value is -1.77. The van der Waals surface area contributed by atoms with Gasteiger partial charge in [-0.3, -0.25) is 14.4 Å². The maximum Gasteiger partial charge on any atom is 0.166 e. The van der Waals surface area contributed by atoms with Crippen molar-refractivity contribution in [1.82, 2.24) is 0 Å². The Morgan fingerprint density at radius 1 is 0.941 bits per heavy atom. The van der Waals surface area contributed by atoms with E-state index in [4.69, 9.17) is 0 Å². The van der Waals surface area contributed by atoms with Gasteiger partial charge in [0.1, 0.15) is 0 Å². The fourth-order valence-electron chi connectivity index (χ4n) is 1.58. The van der Waals surface area contributed by atoms with E-state index in [1.165, 1.54) is 19.9 Å². The van der Waals surface area contributed by atoms with Crippen molar-refractivity contribution in [1.29, 1.82) is 0 Å². The SMILES string of the molecule is CC(=O)c1ccc(C(=O)C(C)C)c(C(C)=O)c1. The van der Waals surface area contributed by atoms with Gasteiger partial charge in [-0.2, -0.15) is 0 Å². The summed E-state index contributed by atoms with van der Waals surface area (Å²) in [6.45, 7) is 6.40. The van der Waals surface area contributed by atoms with Crippen LogP contribution >= 0.6 is 0 Å². The lowest BCUT2D eigenvalue weighted by Crippen LogP contribution is -2.13. The molecule has 0 amide bonds. The lowest BCUT2D eigenvalue weighted by molar-refractivity contribution is 0.0925. The Morgan fingerprint density at radius 2 is 1.53 bits per heavy atom. The second-order valence-electron chi connectivity index (χ2n) is 4.39. The molecule has 0 aliphatic rings. The van der Waals surface area contributed by atoms with Crippen LogP contribution in [0, 0.1) is 5.92 Å². The summed E-state index contributed by atoms with van der Waals surface area (Å²) >= 11 is 0. The monoisotopic (exact) mass is 232 g/mol. The molecule has 90 valence electrons. The number of hydrogen-bond acceptors (Lipinski definition) is 3. The maximum absolute atomic E-state index is 11.9. The van der Waals surface area contributed by atoms with Crippen molar-refractivity contribution in [3.8, 4) is 0 Å². The Morgan fingerprint density at radius 3 is 1.94 bits per heavy atom. The van der Waals surface area contributed by atoms with Crippen molar-refractivity contribution in [2.75, 3.05) is 0 Å². The fraction of sp³-hybridized carbons (Fsp3) is 0.357. The van der Waals surface area contributed by atoms with Gasteiger partial charge in [0.05, 0.1) is 0 Å². The Bertz CT molecular complexity index is 484. The van der Waals surface area contributed by atoms with Crippen LogP contribution in [-0.2, 0) is 0 Å². The molecule has 0 spiro atoms. The number of benzene rings is 1. The molecule has 0 unspecified atom stereocenters. The molecule has 0 aromatic heterocycles. The number of rotatable bonds is 4. The van der Waals surface area contributed by atoms with E-state index >= 15 is 0 Å². The molecule has 0 aliphatic carbocycles. The second-order valence-corrected chi connectivity index (χ2v) is 4.39. The summed E-state index contributed by atoms with van der Waals surface area (Å²) in [4.78, 5) is 34.7. The van der Waals surface area contributed by atoms with Gasteiger partial charge in [0, 0.05) is 22.6 Å². The van der Waals surface area contributed by atoms with Crippen molar-refractivity contribution in [2.45, 2.75) is 27.7 Å². The van der Waals surface area contributed by atoms with E-state index < -0.39 is 0 Å². The van der Waals surface area contributed by atoms with E-state index in [-0.39, 0.29) is 23.3 Å². The van der Waals surface area contributed by atoms with E-state index in [0.717, 1.165) is 0 Å². The second kappa shape index (κ2) is 5.04. The highest BCUT2D eigenvalue weighted by atomic mass is 16.1. The fourth-order valence-corrected chi connectivity index (χ4v) is 1.58. The molecule has 0 aliphatic heterocycles. The third kappa shape index (κ3) is 2.87. The molecule has 0 saturated heterocycles. The molecule has 1 aromatic carbocycles. The van der Waals surface area contributed by atoms with Gasteiger partial charge >= 0.3 is 0 Å². The zero-order chi connectivity index (χ0) is 13.2. The highest BCUT2D eigenvalue weighted by Crippen LogP contribution is 2.17.